The molecule has 0 aromatic heterocycles. The fourth-order valence-corrected chi connectivity index (χ4v) is 7.78. The van der Waals surface area contributed by atoms with Gasteiger partial charge in [-0.3, -0.25) is 9.10 Å². The van der Waals surface area contributed by atoms with Gasteiger partial charge in [0.05, 0.1) is 47.6 Å². The van der Waals surface area contributed by atoms with Crippen LogP contribution in [-0.4, -0.2) is 38.1 Å². The summed E-state index contributed by atoms with van der Waals surface area (Å²) < 4.78 is 28.0. The minimum Gasteiger partial charge on any atom is -0.329 e. The topological polar surface area (TPSA) is 81.5 Å². The number of amides is 1. The van der Waals surface area contributed by atoms with E-state index < -0.39 is 27.5 Å². The maximum atomic E-state index is 14.8. The normalized spacial score (nSPS) is 23.0. The van der Waals surface area contributed by atoms with Crippen molar-refractivity contribution in [3.8, 4) is 6.07 Å². The first-order valence-electron chi connectivity index (χ1n) is 14.4. The Bertz CT molecular complexity index is 1670. The van der Waals surface area contributed by atoms with Gasteiger partial charge < -0.3 is 4.90 Å². The summed E-state index contributed by atoms with van der Waals surface area (Å²) in [6.07, 6.45) is 5.77. The van der Waals surface area contributed by atoms with E-state index in [1.165, 1.54) is 10.6 Å². The summed E-state index contributed by atoms with van der Waals surface area (Å²) in [5.41, 5.74) is 1.94. The first kappa shape index (κ1) is 31.1. The number of benzene rings is 3. The number of allylic oxidation sites excluding steroid dienone is 1. The lowest BCUT2D eigenvalue weighted by molar-refractivity contribution is -0.154. The number of likely N-dealkylation sites (tertiary alicyclic amines) is 1. The van der Waals surface area contributed by atoms with E-state index in [9.17, 15) is 18.5 Å². The SMILES string of the molecule is C=CC[C@@]1(C)CC(c2cccc(Cl)c2)C(c2ccc(Cl)cc2)N([C@H](CN(c2cccc(C#N)c2)S(C)(=O)=O)C2CC2)C1=O. The molecule has 43 heavy (non-hydrogen) atoms. The molecule has 4 atom stereocenters. The summed E-state index contributed by atoms with van der Waals surface area (Å²) in [5, 5.41) is 10.7. The Kier molecular flexibility index (Phi) is 8.94. The molecule has 5 rings (SSSR count). The molecule has 1 aliphatic carbocycles. The molecule has 1 saturated carbocycles. The van der Waals surface area contributed by atoms with Crippen LogP contribution in [0.25, 0.3) is 0 Å². The molecule has 3 aromatic carbocycles. The lowest BCUT2D eigenvalue weighted by atomic mass is 9.67. The molecule has 1 heterocycles. The standard InChI is InChI=1S/C34H35Cl2N3O3S/c1-4-17-34(2)20-30(26-8-6-9-28(36)19-26)32(25-13-15-27(35)16-14-25)39(33(34)40)31(24-11-12-24)22-38(43(3,41)42)29-10-5-7-23(18-29)21-37/h4-10,13-16,18-19,24,30-32H,1,11-12,17,20,22H2,2-3H3/t30?,31-,32?,34+/m1/s1. The summed E-state index contributed by atoms with van der Waals surface area (Å²) >= 11 is 12.8. The number of hydrogen-bond acceptors (Lipinski definition) is 4. The van der Waals surface area contributed by atoms with E-state index in [1.807, 2.05) is 60.4 Å². The van der Waals surface area contributed by atoms with Gasteiger partial charge in [0.25, 0.3) is 0 Å². The van der Waals surface area contributed by atoms with Gasteiger partial charge in [-0.2, -0.15) is 5.26 Å². The van der Waals surface area contributed by atoms with Crippen molar-refractivity contribution in [1.82, 2.24) is 4.90 Å². The number of carbonyl (C=O) groups is 1. The minimum atomic E-state index is -3.76. The molecule has 0 bridgehead atoms. The molecule has 2 aliphatic rings. The molecular weight excluding hydrogens is 601 g/mol. The fraction of sp³-hybridized carbons (Fsp3) is 0.353. The van der Waals surface area contributed by atoms with Gasteiger partial charge in [0.15, 0.2) is 0 Å². The van der Waals surface area contributed by atoms with Crippen LogP contribution >= 0.6 is 23.2 Å². The van der Waals surface area contributed by atoms with Crippen LogP contribution in [0.15, 0.2) is 85.5 Å². The molecule has 1 saturated heterocycles. The molecule has 1 amide bonds. The van der Waals surface area contributed by atoms with Crippen LogP contribution in [0.3, 0.4) is 0 Å². The van der Waals surface area contributed by atoms with Gasteiger partial charge in [-0.1, -0.05) is 66.5 Å². The summed E-state index contributed by atoms with van der Waals surface area (Å²) in [5.74, 6) is -0.0348. The fourth-order valence-electron chi connectivity index (χ4n) is 6.53. The van der Waals surface area contributed by atoms with Crippen LogP contribution in [0.4, 0.5) is 5.69 Å². The smallest absolute Gasteiger partial charge is 0.232 e. The molecular formula is C34H35Cl2N3O3S. The highest BCUT2D eigenvalue weighted by Gasteiger charge is 2.54. The number of hydrogen-bond donors (Lipinski definition) is 0. The third-order valence-corrected chi connectivity index (χ3v) is 10.4. The second kappa shape index (κ2) is 12.4. The van der Waals surface area contributed by atoms with Gasteiger partial charge in [0, 0.05) is 16.0 Å². The Labute approximate surface area is 264 Å². The Morgan fingerprint density at radius 2 is 1.77 bits per heavy atom. The van der Waals surface area contributed by atoms with Crippen molar-refractivity contribution < 1.29 is 13.2 Å². The average molecular weight is 637 g/mol. The van der Waals surface area contributed by atoms with Crippen LogP contribution < -0.4 is 4.31 Å². The van der Waals surface area contributed by atoms with E-state index in [-0.39, 0.29) is 24.3 Å². The van der Waals surface area contributed by atoms with E-state index in [1.54, 1.807) is 30.3 Å². The Morgan fingerprint density at radius 3 is 2.37 bits per heavy atom. The number of nitrogens with zero attached hydrogens (tertiary/aromatic N) is 3. The largest absolute Gasteiger partial charge is 0.329 e. The maximum absolute atomic E-state index is 14.8. The molecule has 0 radical (unpaired) electrons. The van der Waals surface area contributed by atoms with E-state index >= 15 is 0 Å². The zero-order chi connectivity index (χ0) is 30.9. The van der Waals surface area contributed by atoms with Crippen molar-refractivity contribution >= 4 is 44.8 Å². The molecule has 0 N–H and O–H groups in total. The van der Waals surface area contributed by atoms with Crippen molar-refractivity contribution in [2.45, 2.75) is 50.6 Å². The summed E-state index contributed by atoms with van der Waals surface area (Å²) in [6, 6.07) is 23.2. The monoisotopic (exact) mass is 635 g/mol. The van der Waals surface area contributed by atoms with E-state index in [4.69, 9.17) is 23.2 Å². The van der Waals surface area contributed by atoms with Crippen LogP contribution in [0.1, 0.15) is 61.3 Å². The van der Waals surface area contributed by atoms with Crippen molar-refractivity contribution in [3.63, 3.8) is 0 Å². The number of nitriles is 1. The van der Waals surface area contributed by atoms with Crippen molar-refractivity contribution in [2.24, 2.45) is 11.3 Å². The zero-order valence-corrected chi connectivity index (χ0v) is 26.6. The van der Waals surface area contributed by atoms with Gasteiger partial charge in [-0.05, 0) is 85.2 Å². The average Bonchev–Trinajstić information content (AvgIpc) is 3.81. The van der Waals surface area contributed by atoms with Crippen LogP contribution in [0.2, 0.25) is 10.0 Å². The van der Waals surface area contributed by atoms with Crippen molar-refractivity contribution in [3.05, 3.63) is 112 Å². The second-order valence-corrected chi connectivity index (χ2v) is 14.8. The quantitative estimate of drug-likeness (QED) is 0.213. The molecule has 9 heteroatoms. The van der Waals surface area contributed by atoms with Crippen LogP contribution in [0, 0.1) is 22.7 Å². The molecule has 6 nitrogen and oxygen atoms in total. The van der Waals surface area contributed by atoms with Gasteiger partial charge in [0.1, 0.15) is 0 Å². The number of anilines is 1. The van der Waals surface area contributed by atoms with E-state index in [0.29, 0.717) is 34.1 Å². The lowest BCUT2D eigenvalue weighted by Gasteiger charge is -2.52. The molecule has 2 unspecified atom stereocenters. The summed E-state index contributed by atoms with van der Waals surface area (Å²) in [6.45, 7) is 6.02. The van der Waals surface area contributed by atoms with Crippen molar-refractivity contribution in [2.75, 3.05) is 17.1 Å². The number of carbonyl (C=O) groups excluding carboxylic acids is 1. The number of halogens is 2. The molecule has 224 valence electrons. The van der Waals surface area contributed by atoms with Gasteiger partial charge in [-0.15, -0.1) is 6.58 Å². The Morgan fingerprint density at radius 1 is 1.07 bits per heavy atom. The third kappa shape index (κ3) is 6.62. The zero-order valence-electron chi connectivity index (χ0n) is 24.3. The first-order valence-corrected chi connectivity index (χ1v) is 17.0. The third-order valence-electron chi connectivity index (χ3n) is 8.73. The van der Waals surface area contributed by atoms with Gasteiger partial charge >= 0.3 is 0 Å². The minimum absolute atomic E-state index is 0.0262. The van der Waals surface area contributed by atoms with Crippen LogP contribution in [0.5, 0.6) is 0 Å². The number of sulfonamides is 1. The van der Waals surface area contributed by atoms with E-state index in [2.05, 4.69) is 12.6 Å². The predicted molar refractivity (Wildman–Crippen MR) is 173 cm³/mol. The molecule has 2 fully saturated rings. The van der Waals surface area contributed by atoms with Crippen LogP contribution in [-0.2, 0) is 14.8 Å². The second-order valence-electron chi connectivity index (χ2n) is 12.0. The highest BCUT2D eigenvalue weighted by Crippen LogP contribution is 2.54. The van der Waals surface area contributed by atoms with Crippen molar-refractivity contribution in [1.29, 1.82) is 5.26 Å². The van der Waals surface area contributed by atoms with Gasteiger partial charge in [0.2, 0.25) is 15.9 Å². The predicted octanol–water partition coefficient (Wildman–Crippen LogP) is 7.75. The lowest BCUT2D eigenvalue weighted by Crippen LogP contribution is -2.59. The molecule has 3 aromatic rings. The number of rotatable bonds is 10. The highest BCUT2D eigenvalue weighted by atomic mass is 35.5. The molecule has 1 aliphatic heterocycles. The van der Waals surface area contributed by atoms with Gasteiger partial charge in [-0.25, -0.2) is 8.42 Å². The molecule has 0 spiro atoms. The summed E-state index contributed by atoms with van der Waals surface area (Å²) in [4.78, 5) is 16.8. The Balaban J connectivity index is 1.70. The first-order chi connectivity index (χ1) is 20.4. The summed E-state index contributed by atoms with van der Waals surface area (Å²) in [7, 11) is -3.76. The maximum Gasteiger partial charge on any atom is 0.232 e. The van der Waals surface area contributed by atoms with E-state index in [0.717, 1.165) is 24.0 Å². The number of piperidine rings is 1. The highest BCUT2D eigenvalue weighted by molar-refractivity contribution is 7.92. The Hall–Kier alpha value is -3.31.